The molecule has 11 heteroatoms. The minimum absolute atomic E-state index is 0.0494. The summed E-state index contributed by atoms with van der Waals surface area (Å²) in [5.41, 5.74) is 0. The van der Waals surface area contributed by atoms with Crippen LogP contribution in [0.1, 0.15) is 162 Å². The number of esters is 2. The first-order valence-corrected chi connectivity index (χ1v) is 23.6. The zero-order valence-electron chi connectivity index (χ0n) is 36.6. The van der Waals surface area contributed by atoms with Crippen molar-refractivity contribution in [1.82, 2.24) is 0 Å². The molecule has 0 heterocycles. The largest absolute Gasteiger partial charge is 0.756 e. The first-order valence-electron chi connectivity index (χ1n) is 22.1. The van der Waals surface area contributed by atoms with Crippen LogP contribution < -0.4 is 4.89 Å². The Bertz CT molecular complexity index is 1170. The number of quaternary nitrogens is 1. The van der Waals surface area contributed by atoms with E-state index in [-0.39, 0.29) is 32.2 Å². The minimum atomic E-state index is -4.65. The Kier molecular flexibility index (Phi) is 36.4. The normalized spacial score (nSPS) is 14.7. The second-order valence-electron chi connectivity index (χ2n) is 15.9. The molecule has 0 bridgehead atoms. The molecule has 0 aliphatic carbocycles. The minimum Gasteiger partial charge on any atom is -0.756 e. The number of ether oxygens (including phenoxy) is 2. The smallest absolute Gasteiger partial charge is 0.306 e. The molecule has 0 amide bonds. The van der Waals surface area contributed by atoms with Crippen LogP contribution in [0.4, 0.5) is 0 Å². The number of unbranched alkanes of at least 4 members (excludes halogenated alkanes) is 15. The maximum absolute atomic E-state index is 12.6. The van der Waals surface area contributed by atoms with Crippen LogP contribution in [0.2, 0.25) is 0 Å². The summed E-state index contributed by atoms with van der Waals surface area (Å²) in [6.07, 6.45) is 42.0. The van der Waals surface area contributed by atoms with E-state index < -0.39 is 32.5 Å². The van der Waals surface area contributed by atoms with E-state index in [9.17, 15) is 24.2 Å². The van der Waals surface area contributed by atoms with Gasteiger partial charge in [0.1, 0.15) is 19.8 Å². The standard InChI is InChI=1S/C46H82NO9P/c1-6-8-9-10-11-12-13-14-15-19-22-25-28-31-34-37-45(49)53-41-44(42-55-57(51,52)54-40-39-47(3,4)5)56-46(50)38-35-32-29-26-23-20-17-16-18-21-24-27-30-33-36-43(48)7-2/h17-18,20-21,26-27,29-30,33,36,43-44,48H,6-16,19,22-25,28,31-32,34-35,37-42H2,1-5H3/b20-17-,21-18-,29-26-,30-27-,36-33+/t43-,44-/m1/s1. The van der Waals surface area contributed by atoms with E-state index in [2.05, 4.69) is 31.2 Å². The van der Waals surface area contributed by atoms with Gasteiger partial charge in [0, 0.05) is 12.8 Å². The van der Waals surface area contributed by atoms with Gasteiger partial charge >= 0.3 is 11.9 Å². The highest BCUT2D eigenvalue weighted by Crippen LogP contribution is 2.38. The summed E-state index contributed by atoms with van der Waals surface area (Å²) in [6, 6.07) is 0. The third-order valence-corrected chi connectivity index (χ3v) is 10.2. The molecule has 1 unspecified atom stereocenters. The molecule has 0 fully saturated rings. The molecule has 10 nitrogen and oxygen atoms in total. The Labute approximate surface area is 348 Å². The Balaban J connectivity index is 4.48. The van der Waals surface area contributed by atoms with Gasteiger partial charge in [0.25, 0.3) is 7.82 Å². The number of carbonyl (C=O) groups is 2. The predicted molar refractivity (Wildman–Crippen MR) is 232 cm³/mol. The van der Waals surface area contributed by atoms with E-state index in [0.29, 0.717) is 30.3 Å². The summed E-state index contributed by atoms with van der Waals surface area (Å²) in [6.45, 7) is 3.81. The lowest BCUT2D eigenvalue weighted by Crippen LogP contribution is -2.37. The number of nitrogens with zero attached hydrogens (tertiary/aromatic N) is 1. The Morgan fingerprint density at radius 2 is 1.16 bits per heavy atom. The summed E-state index contributed by atoms with van der Waals surface area (Å²) in [4.78, 5) is 37.5. The number of rotatable bonds is 39. The van der Waals surface area contributed by atoms with Crippen LogP contribution in [-0.2, 0) is 32.7 Å². The van der Waals surface area contributed by atoms with Crippen molar-refractivity contribution in [3.8, 4) is 0 Å². The third-order valence-electron chi connectivity index (χ3n) is 9.21. The Morgan fingerprint density at radius 3 is 1.70 bits per heavy atom. The predicted octanol–water partition coefficient (Wildman–Crippen LogP) is 10.8. The highest BCUT2D eigenvalue weighted by Gasteiger charge is 2.21. The van der Waals surface area contributed by atoms with Crippen molar-refractivity contribution < 1.29 is 47.2 Å². The van der Waals surface area contributed by atoms with Gasteiger partial charge in [0.2, 0.25) is 0 Å². The average molecular weight is 824 g/mol. The maximum atomic E-state index is 12.6. The molecular weight excluding hydrogens is 741 g/mol. The van der Waals surface area contributed by atoms with E-state index in [0.717, 1.165) is 38.5 Å². The van der Waals surface area contributed by atoms with Crippen LogP contribution >= 0.6 is 7.82 Å². The topological polar surface area (TPSA) is 131 Å². The molecule has 0 saturated heterocycles. The average Bonchev–Trinajstić information content (AvgIpc) is 3.16. The first kappa shape index (κ1) is 54.7. The van der Waals surface area contributed by atoms with Crippen molar-refractivity contribution in [2.45, 2.75) is 174 Å². The highest BCUT2D eigenvalue weighted by atomic mass is 31.2. The van der Waals surface area contributed by atoms with Crippen molar-refractivity contribution in [2.75, 3.05) is 47.5 Å². The number of likely N-dealkylation sites (N-methyl/N-ethyl adjacent to an activating group) is 1. The van der Waals surface area contributed by atoms with Crippen LogP contribution in [0.5, 0.6) is 0 Å². The van der Waals surface area contributed by atoms with Gasteiger partial charge in [0.05, 0.1) is 33.9 Å². The lowest BCUT2D eigenvalue weighted by molar-refractivity contribution is -0.870. The van der Waals surface area contributed by atoms with Gasteiger partial charge in [-0.2, -0.15) is 0 Å². The third kappa shape index (κ3) is 41.6. The van der Waals surface area contributed by atoms with Gasteiger partial charge < -0.3 is 33.0 Å². The number of allylic oxidation sites excluding steroid dienone is 9. The molecule has 0 aliphatic rings. The summed E-state index contributed by atoms with van der Waals surface area (Å²) in [5.74, 6) is -0.922. The van der Waals surface area contributed by atoms with Crippen molar-refractivity contribution in [1.29, 1.82) is 0 Å². The van der Waals surface area contributed by atoms with Gasteiger partial charge in [-0.05, 0) is 44.9 Å². The van der Waals surface area contributed by atoms with Crippen LogP contribution in [0.15, 0.2) is 60.8 Å². The molecule has 0 aromatic carbocycles. The fourth-order valence-corrected chi connectivity index (χ4v) is 6.31. The number of aliphatic hydroxyl groups excluding tert-OH is 1. The van der Waals surface area contributed by atoms with E-state index in [1.54, 1.807) is 6.08 Å². The first-order chi connectivity index (χ1) is 27.4. The van der Waals surface area contributed by atoms with Gasteiger partial charge in [-0.3, -0.25) is 14.2 Å². The SMILES string of the molecule is CCCCCCCCCCCCCCCCCC(=O)OC[C@H](COP(=O)([O-])OCC[N+](C)(C)C)OC(=O)CCC/C=C\C/C=C\C/C=C\C/C=C\C=C\[C@H](O)CC. The van der Waals surface area contributed by atoms with Crippen molar-refractivity contribution in [2.24, 2.45) is 0 Å². The summed E-state index contributed by atoms with van der Waals surface area (Å²) in [7, 11) is 1.10. The molecule has 0 saturated carbocycles. The molecular formula is C46H82NO9P. The molecule has 0 aromatic rings. The van der Waals surface area contributed by atoms with Crippen molar-refractivity contribution in [3.05, 3.63) is 60.8 Å². The lowest BCUT2D eigenvalue weighted by Gasteiger charge is -2.28. The molecule has 3 atom stereocenters. The number of phosphoric acid groups is 1. The summed E-state index contributed by atoms with van der Waals surface area (Å²) >= 11 is 0. The Hall–Kier alpha value is -2.33. The second-order valence-corrected chi connectivity index (χ2v) is 17.3. The van der Waals surface area contributed by atoms with Gasteiger partial charge in [-0.25, -0.2) is 0 Å². The molecule has 330 valence electrons. The number of phosphoric ester groups is 1. The fourth-order valence-electron chi connectivity index (χ4n) is 5.58. The molecule has 0 rings (SSSR count). The van der Waals surface area contributed by atoms with Crippen LogP contribution in [0, 0.1) is 0 Å². The van der Waals surface area contributed by atoms with Gasteiger partial charge in [-0.1, -0.05) is 164 Å². The van der Waals surface area contributed by atoms with Gasteiger partial charge in [-0.15, -0.1) is 0 Å². The quantitative estimate of drug-likeness (QED) is 0.0161. The van der Waals surface area contributed by atoms with Gasteiger partial charge in [0.15, 0.2) is 6.10 Å². The van der Waals surface area contributed by atoms with Crippen LogP contribution in [0.25, 0.3) is 0 Å². The van der Waals surface area contributed by atoms with E-state index >= 15 is 0 Å². The summed E-state index contributed by atoms with van der Waals surface area (Å²) in [5, 5.41) is 9.48. The molecule has 0 aromatic heterocycles. The zero-order chi connectivity index (χ0) is 42.3. The highest BCUT2D eigenvalue weighted by molar-refractivity contribution is 7.45. The number of aliphatic hydroxyl groups is 1. The number of carbonyl (C=O) groups excluding carboxylic acids is 2. The molecule has 57 heavy (non-hydrogen) atoms. The van der Waals surface area contributed by atoms with E-state index in [1.165, 1.54) is 77.0 Å². The van der Waals surface area contributed by atoms with Crippen LogP contribution in [0.3, 0.4) is 0 Å². The fraction of sp³-hybridized carbons (Fsp3) is 0.739. The maximum Gasteiger partial charge on any atom is 0.306 e. The molecule has 0 aliphatic heterocycles. The molecule has 0 radical (unpaired) electrons. The Morgan fingerprint density at radius 1 is 0.649 bits per heavy atom. The molecule has 1 N–H and O–H groups in total. The number of hydrogen-bond donors (Lipinski definition) is 1. The zero-order valence-corrected chi connectivity index (χ0v) is 37.5. The van der Waals surface area contributed by atoms with Crippen molar-refractivity contribution >= 4 is 19.8 Å². The second kappa shape index (κ2) is 37.9. The number of hydrogen-bond acceptors (Lipinski definition) is 9. The van der Waals surface area contributed by atoms with Crippen molar-refractivity contribution in [3.63, 3.8) is 0 Å². The molecule has 0 spiro atoms. The van der Waals surface area contributed by atoms with E-state index in [4.69, 9.17) is 18.5 Å². The van der Waals surface area contributed by atoms with E-state index in [1.807, 2.05) is 58.4 Å². The summed E-state index contributed by atoms with van der Waals surface area (Å²) < 4.78 is 33.8. The monoisotopic (exact) mass is 824 g/mol. The lowest BCUT2D eigenvalue weighted by atomic mass is 10.0. The van der Waals surface area contributed by atoms with Crippen LogP contribution in [-0.4, -0.2) is 81.2 Å².